The summed E-state index contributed by atoms with van der Waals surface area (Å²) in [7, 11) is 0. The Labute approximate surface area is 232 Å². The quantitative estimate of drug-likeness (QED) is 0.0426. The maximum atomic E-state index is 11.8. The van der Waals surface area contributed by atoms with E-state index >= 15 is 0 Å². The number of hydrogen-bond donors (Lipinski definition) is 0. The molecule has 0 bridgehead atoms. The summed E-state index contributed by atoms with van der Waals surface area (Å²) in [6, 6.07) is 0. The highest BCUT2D eigenvalue weighted by atomic mass is 16.6. The molecule has 0 saturated heterocycles. The molecule has 0 atom stereocenters. The molecule has 0 radical (unpaired) electrons. The number of carbonyl (C=O) groups is 2. The Morgan fingerprint density at radius 3 is 1.00 bits per heavy atom. The predicted molar refractivity (Wildman–Crippen MR) is 161 cm³/mol. The fraction of sp³-hybridized carbons (Fsp3) is 0.882. The van der Waals surface area contributed by atoms with Crippen molar-refractivity contribution >= 4 is 11.9 Å². The Balaban J connectivity index is 3.30. The maximum Gasteiger partial charge on any atom is 0.313 e. The summed E-state index contributed by atoms with van der Waals surface area (Å²) in [4.78, 5) is 23.7. The van der Waals surface area contributed by atoms with Crippen LogP contribution in [-0.4, -0.2) is 11.9 Å². The van der Waals surface area contributed by atoms with Gasteiger partial charge >= 0.3 is 11.9 Å². The van der Waals surface area contributed by atoms with E-state index in [1.807, 2.05) is 0 Å². The standard InChI is InChI=1S/C34H64O3/c1-3-5-7-9-11-13-14-15-16-17-18-19-20-21-22-24-26-28-30-32-34(36)37-33(35)31-29-27-25-23-12-10-8-6-4-2/h15-16H,3-14,17-32H2,1-2H3. The van der Waals surface area contributed by atoms with Crippen molar-refractivity contribution in [2.24, 2.45) is 0 Å². The molecule has 0 aliphatic rings. The minimum absolute atomic E-state index is 0.332. The van der Waals surface area contributed by atoms with Gasteiger partial charge in [0.1, 0.15) is 0 Å². The molecule has 3 nitrogen and oxygen atoms in total. The van der Waals surface area contributed by atoms with Crippen LogP contribution in [0.2, 0.25) is 0 Å². The number of rotatable bonds is 29. The zero-order valence-electron chi connectivity index (χ0n) is 25.2. The van der Waals surface area contributed by atoms with Crippen molar-refractivity contribution in [3.8, 4) is 0 Å². The highest BCUT2D eigenvalue weighted by Crippen LogP contribution is 2.14. The Morgan fingerprint density at radius 2 is 0.676 bits per heavy atom. The van der Waals surface area contributed by atoms with E-state index in [1.54, 1.807) is 0 Å². The van der Waals surface area contributed by atoms with Crippen LogP contribution in [0.3, 0.4) is 0 Å². The molecule has 0 aromatic carbocycles. The minimum atomic E-state index is -0.332. The summed E-state index contributed by atoms with van der Waals surface area (Å²) < 4.78 is 4.98. The van der Waals surface area contributed by atoms with E-state index in [1.165, 1.54) is 141 Å². The molecule has 0 saturated carbocycles. The Bertz CT molecular complexity index is 511. The van der Waals surface area contributed by atoms with Crippen LogP contribution in [0.5, 0.6) is 0 Å². The third-order valence-electron chi connectivity index (χ3n) is 7.35. The number of ether oxygens (including phenoxy) is 1. The van der Waals surface area contributed by atoms with Gasteiger partial charge < -0.3 is 4.74 Å². The Kier molecular flexibility index (Phi) is 30.2. The number of hydrogen-bond acceptors (Lipinski definition) is 3. The average molecular weight is 521 g/mol. The molecule has 0 spiro atoms. The summed E-state index contributed by atoms with van der Waals surface area (Å²) in [5, 5.41) is 0. The van der Waals surface area contributed by atoms with Crippen LogP contribution >= 0.6 is 0 Å². The first-order valence-electron chi connectivity index (χ1n) is 16.6. The van der Waals surface area contributed by atoms with Crippen LogP contribution in [0.4, 0.5) is 0 Å². The van der Waals surface area contributed by atoms with Gasteiger partial charge in [0.25, 0.3) is 0 Å². The third kappa shape index (κ3) is 31.0. The molecule has 0 rings (SSSR count). The van der Waals surface area contributed by atoms with Crippen LogP contribution in [0.15, 0.2) is 12.2 Å². The van der Waals surface area contributed by atoms with Gasteiger partial charge in [-0.25, -0.2) is 0 Å². The first-order valence-corrected chi connectivity index (χ1v) is 16.6. The molecule has 0 aliphatic carbocycles. The molecule has 0 amide bonds. The van der Waals surface area contributed by atoms with Gasteiger partial charge in [0.05, 0.1) is 0 Å². The molecule has 0 unspecified atom stereocenters. The number of unbranched alkanes of at least 4 members (excludes halogenated alkanes) is 23. The minimum Gasteiger partial charge on any atom is -0.393 e. The van der Waals surface area contributed by atoms with Crippen LogP contribution in [0, 0.1) is 0 Å². The summed E-state index contributed by atoms with van der Waals surface area (Å²) >= 11 is 0. The smallest absolute Gasteiger partial charge is 0.313 e. The molecule has 0 N–H and O–H groups in total. The van der Waals surface area contributed by atoms with Gasteiger partial charge in [-0.2, -0.15) is 0 Å². The van der Waals surface area contributed by atoms with Crippen molar-refractivity contribution in [3.05, 3.63) is 12.2 Å². The second kappa shape index (κ2) is 31.1. The lowest BCUT2D eigenvalue weighted by atomic mass is 10.1. The van der Waals surface area contributed by atoms with Gasteiger partial charge in [-0.15, -0.1) is 0 Å². The molecule has 0 fully saturated rings. The first kappa shape index (κ1) is 35.9. The lowest BCUT2D eigenvalue weighted by molar-refractivity contribution is -0.159. The van der Waals surface area contributed by atoms with Gasteiger partial charge in [-0.05, 0) is 38.5 Å². The molecule has 0 heterocycles. The molecule has 37 heavy (non-hydrogen) atoms. The summed E-state index contributed by atoms with van der Waals surface area (Å²) in [5.74, 6) is -0.664. The monoisotopic (exact) mass is 520 g/mol. The van der Waals surface area contributed by atoms with Crippen molar-refractivity contribution in [3.63, 3.8) is 0 Å². The Hall–Kier alpha value is -1.12. The molecule has 218 valence electrons. The van der Waals surface area contributed by atoms with E-state index in [-0.39, 0.29) is 11.9 Å². The molecule has 0 aromatic heterocycles. The van der Waals surface area contributed by atoms with Gasteiger partial charge in [-0.3, -0.25) is 9.59 Å². The lowest BCUT2D eigenvalue weighted by Gasteiger charge is -2.04. The number of carbonyl (C=O) groups excluding carboxylic acids is 2. The van der Waals surface area contributed by atoms with Gasteiger partial charge in [0.2, 0.25) is 0 Å². The van der Waals surface area contributed by atoms with Crippen LogP contribution < -0.4 is 0 Å². The molecule has 0 aliphatic heterocycles. The van der Waals surface area contributed by atoms with Gasteiger partial charge in [0.15, 0.2) is 0 Å². The lowest BCUT2D eigenvalue weighted by Crippen LogP contribution is -2.11. The van der Waals surface area contributed by atoms with Crippen molar-refractivity contribution in [1.82, 2.24) is 0 Å². The summed E-state index contributed by atoms with van der Waals surface area (Å²) in [5.41, 5.74) is 0. The van der Waals surface area contributed by atoms with E-state index in [0.717, 1.165) is 25.7 Å². The van der Waals surface area contributed by atoms with E-state index in [2.05, 4.69) is 26.0 Å². The van der Waals surface area contributed by atoms with E-state index < -0.39 is 0 Å². The molecular weight excluding hydrogens is 456 g/mol. The highest BCUT2D eigenvalue weighted by molar-refractivity contribution is 5.85. The van der Waals surface area contributed by atoms with E-state index in [9.17, 15) is 9.59 Å². The zero-order valence-corrected chi connectivity index (χ0v) is 25.2. The average Bonchev–Trinajstić information content (AvgIpc) is 2.89. The van der Waals surface area contributed by atoms with Crippen LogP contribution in [-0.2, 0) is 14.3 Å². The summed E-state index contributed by atoms with van der Waals surface area (Å²) in [6.45, 7) is 4.52. The fourth-order valence-corrected chi connectivity index (χ4v) is 4.86. The Morgan fingerprint density at radius 1 is 0.405 bits per heavy atom. The van der Waals surface area contributed by atoms with Crippen molar-refractivity contribution in [2.45, 2.75) is 194 Å². The van der Waals surface area contributed by atoms with Gasteiger partial charge in [-0.1, -0.05) is 154 Å². The van der Waals surface area contributed by atoms with Crippen LogP contribution in [0.25, 0.3) is 0 Å². The van der Waals surface area contributed by atoms with Crippen molar-refractivity contribution in [1.29, 1.82) is 0 Å². The molecule has 0 aromatic rings. The number of esters is 2. The second-order valence-electron chi connectivity index (χ2n) is 11.2. The second-order valence-corrected chi connectivity index (χ2v) is 11.2. The fourth-order valence-electron chi connectivity index (χ4n) is 4.86. The van der Waals surface area contributed by atoms with E-state index in [4.69, 9.17) is 4.74 Å². The topological polar surface area (TPSA) is 43.4 Å². The largest absolute Gasteiger partial charge is 0.393 e. The normalized spacial score (nSPS) is 11.4. The van der Waals surface area contributed by atoms with Crippen molar-refractivity contribution in [2.75, 3.05) is 0 Å². The third-order valence-corrected chi connectivity index (χ3v) is 7.35. The highest BCUT2D eigenvalue weighted by Gasteiger charge is 2.09. The molecular formula is C34H64O3. The zero-order chi connectivity index (χ0) is 27.1. The van der Waals surface area contributed by atoms with Crippen LogP contribution in [0.1, 0.15) is 194 Å². The molecule has 3 heteroatoms. The first-order chi connectivity index (χ1) is 18.2. The van der Waals surface area contributed by atoms with Gasteiger partial charge in [0, 0.05) is 12.8 Å². The van der Waals surface area contributed by atoms with E-state index in [0.29, 0.717) is 12.8 Å². The maximum absolute atomic E-state index is 11.8. The SMILES string of the molecule is CCCCCCCCC=CCCCCCCCCCCCC(=O)OC(=O)CCCCCCCCCCC. The number of allylic oxidation sites excluding steroid dienone is 2. The summed E-state index contributed by atoms with van der Waals surface area (Å²) in [6.07, 6.45) is 38.3. The predicted octanol–water partition coefficient (Wildman–Crippen LogP) is 11.6. The van der Waals surface area contributed by atoms with Crippen molar-refractivity contribution < 1.29 is 14.3 Å².